The van der Waals surface area contributed by atoms with E-state index in [0.717, 1.165) is 25.8 Å². The molecule has 1 spiro atoms. The van der Waals surface area contributed by atoms with E-state index in [4.69, 9.17) is 4.74 Å². The summed E-state index contributed by atoms with van der Waals surface area (Å²) in [6.07, 6.45) is 7.72. The molecule has 2 aliphatic heterocycles. The average Bonchev–Trinajstić information content (AvgIpc) is 3.20. The first-order chi connectivity index (χ1) is 11.4. The van der Waals surface area contributed by atoms with E-state index in [2.05, 4.69) is 10.3 Å². The fourth-order valence-corrected chi connectivity index (χ4v) is 4.30. The predicted octanol–water partition coefficient (Wildman–Crippen LogP) is 0.948. The summed E-state index contributed by atoms with van der Waals surface area (Å²) in [4.78, 5) is 30.8. The van der Waals surface area contributed by atoms with Crippen molar-refractivity contribution in [3.8, 4) is 0 Å². The lowest BCUT2D eigenvalue weighted by Gasteiger charge is -2.39. The summed E-state index contributed by atoms with van der Waals surface area (Å²) >= 11 is 0. The van der Waals surface area contributed by atoms with Crippen molar-refractivity contribution >= 4 is 11.8 Å². The number of likely N-dealkylation sites (tertiary alicyclic amines) is 1. The van der Waals surface area contributed by atoms with Crippen molar-refractivity contribution in [3.05, 3.63) is 18.7 Å². The van der Waals surface area contributed by atoms with Crippen LogP contribution in [-0.2, 0) is 20.9 Å². The Bertz CT molecular complexity index is 613. The van der Waals surface area contributed by atoms with E-state index < -0.39 is 0 Å². The van der Waals surface area contributed by atoms with Crippen molar-refractivity contribution in [1.29, 1.82) is 0 Å². The Morgan fingerprint density at radius 2 is 2.21 bits per heavy atom. The highest BCUT2D eigenvalue weighted by Crippen LogP contribution is 2.48. The molecule has 0 radical (unpaired) electrons. The molecule has 0 unspecified atom stereocenters. The van der Waals surface area contributed by atoms with Gasteiger partial charge in [0.05, 0.1) is 30.0 Å². The van der Waals surface area contributed by atoms with Gasteiger partial charge in [0, 0.05) is 32.4 Å². The molecule has 2 amide bonds. The Morgan fingerprint density at radius 1 is 1.42 bits per heavy atom. The molecule has 1 aromatic rings. The lowest BCUT2D eigenvalue weighted by Crippen LogP contribution is -2.54. The Morgan fingerprint density at radius 3 is 2.88 bits per heavy atom. The van der Waals surface area contributed by atoms with Gasteiger partial charge < -0.3 is 19.5 Å². The molecule has 7 heteroatoms. The summed E-state index contributed by atoms with van der Waals surface area (Å²) in [5.41, 5.74) is -0.718. The number of hydrogen-bond acceptors (Lipinski definition) is 4. The van der Waals surface area contributed by atoms with Gasteiger partial charge in [-0.1, -0.05) is 0 Å². The maximum atomic E-state index is 12.9. The molecule has 0 saturated carbocycles. The predicted molar refractivity (Wildman–Crippen MR) is 88.2 cm³/mol. The second kappa shape index (κ2) is 6.20. The van der Waals surface area contributed by atoms with Gasteiger partial charge >= 0.3 is 0 Å². The zero-order valence-electron chi connectivity index (χ0n) is 14.6. The first-order valence-corrected chi connectivity index (χ1v) is 8.51. The standard InChI is InChI=1S/C17H26N4O3/c1-16(2)11-17(13(24-16)9-14(22)18-3)5-4-7-21(17)15(23)10-20-8-6-19-12-20/h6,8,12-13H,4-5,7,9-11H2,1-3H3,(H,18,22)/t13-,17+/m0/s1. The SMILES string of the molecule is CNC(=O)C[C@@H]1OC(C)(C)C[C@]12CCCN2C(=O)Cn1ccnc1. The molecule has 2 fully saturated rings. The number of ether oxygens (including phenoxy) is 1. The highest BCUT2D eigenvalue weighted by molar-refractivity contribution is 5.79. The van der Waals surface area contributed by atoms with Crippen LogP contribution >= 0.6 is 0 Å². The summed E-state index contributed by atoms with van der Waals surface area (Å²) in [5.74, 6) is 0.0136. The van der Waals surface area contributed by atoms with Crippen molar-refractivity contribution < 1.29 is 14.3 Å². The van der Waals surface area contributed by atoms with Gasteiger partial charge in [-0.15, -0.1) is 0 Å². The number of hydrogen-bond donors (Lipinski definition) is 1. The number of aromatic nitrogens is 2. The van der Waals surface area contributed by atoms with Crippen LogP contribution in [0.25, 0.3) is 0 Å². The van der Waals surface area contributed by atoms with E-state index in [1.165, 1.54) is 0 Å². The number of nitrogens with one attached hydrogen (secondary N) is 1. The number of carbonyl (C=O) groups is 2. The van der Waals surface area contributed by atoms with Crippen LogP contribution in [0.4, 0.5) is 0 Å². The smallest absolute Gasteiger partial charge is 0.243 e. The molecular weight excluding hydrogens is 308 g/mol. The number of imidazole rings is 1. The third-order valence-corrected chi connectivity index (χ3v) is 5.15. The van der Waals surface area contributed by atoms with Crippen molar-refractivity contribution in [3.63, 3.8) is 0 Å². The van der Waals surface area contributed by atoms with E-state index in [0.29, 0.717) is 0 Å². The summed E-state index contributed by atoms with van der Waals surface area (Å²) in [7, 11) is 1.63. The van der Waals surface area contributed by atoms with Crippen molar-refractivity contribution in [2.24, 2.45) is 0 Å². The molecule has 7 nitrogen and oxygen atoms in total. The number of nitrogens with zero attached hydrogens (tertiary/aromatic N) is 3. The number of carbonyl (C=O) groups excluding carboxylic acids is 2. The summed E-state index contributed by atoms with van der Waals surface area (Å²) in [6, 6.07) is 0. The van der Waals surface area contributed by atoms with Gasteiger partial charge in [-0.25, -0.2) is 4.98 Å². The molecule has 0 bridgehead atoms. The van der Waals surface area contributed by atoms with Crippen LogP contribution in [0.3, 0.4) is 0 Å². The Hall–Kier alpha value is -1.89. The highest BCUT2D eigenvalue weighted by atomic mass is 16.5. The van der Waals surface area contributed by atoms with Crippen molar-refractivity contribution in [2.75, 3.05) is 13.6 Å². The molecule has 24 heavy (non-hydrogen) atoms. The minimum absolute atomic E-state index is 0.0500. The molecule has 0 aromatic carbocycles. The van der Waals surface area contributed by atoms with Gasteiger partial charge in [0.15, 0.2) is 0 Å². The maximum absolute atomic E-state index is 12.9. The largest absolute Gasteiger partial charge is 0.369 e. The molecular formula is C17H26N4O3. The zero-order chi connectivity index (χ0) is 17.4. The van der Waals surface area contributed by atoms with Gasteiger partial charge in [0.25, 0.3) is 0 Å². The molecule has 3 rings (SSSR count). The van der Waals surface area contributed by atoms with Crippen LogP contribution in [0.2, 0.25) is 0 Å². The normalized spacial score (nSPS) is 28.5. The Kier molecular flexibility index (Phi) is 4.38. The van der Waals surface area contributed by atoms with Crippen LogP contribution < -0.4 is 5.32 Å². The van der Waals surface area contributed by atoms with Gasteiger partial charge in [0.1, 0.15) is 6.54 Å². The first-order valence-electron chi connectivity index (χ1n) is 8.51. The zero-order valence-corrected chi connectivity index (χ0v) is 14.6. The first kappa shape index (κ1) is 17.0. The highest BCUT2D eigenvalue weighted by Gasteiger charge is 2.58. The van der Waals surface area contributed by atoms with E-state index in [1.807, 2.05) is 18.7 Å². The van der Waals surface area contributed by atoms with E-state index in [-0.39, 0.29) is 42.0 Å². The molecule has 2 saturated heterocycles. The fourth-order valence-electron chi connectivity index (χ4n) is 4.30. The van der Waals surface area contributed by atoms with Crippen LogP contribution in [0.15, 0.2) is 18.7 Å². The van der Waals surface area contributed by atoms with Crippen molar-refractivity contribution in [1.82, 2.24) is 19.8 Å². The molecule has 2 atom stereocenters. The third-order valence-electron chi connectivity index (χ3n) is 5.15. The molecule has 1 aromatic heterocycles. The number of amides is 2. The van der Waals surface area contributed by atoms with Crippen LogP contribution in [0, 0.1) is 0 Å². The van der Waals surface area contributed by atoms with Gasteiger partial charge in [-0.2, -0.15) is 0 Å². The Balaban J connectivity index is 1.84. The van der Waals surface area contributed by atoms with Gasteiger partial charge in [-0.3, -0.25) is 9.59 Å². The third kappa shape index (κ3) is 3.05. The summed E-state index contributed by atoms with van der Waals surface area (Å²) in [6.45, 7) is 5.07. The van der Waals surface area contributed by atoms with E-state index in [9.17, 15) is 9.59 Å². The lowest BCUT2D eigenvalue weighted by molar-refractivity contribution is -0.140. The minimum atomic E-state index is -0.381. The summed E-state index contributed by atoms with van der Waals surface area (Å²) < 4.78 is 7.98. The van der Waals surface area contributed by atoms with E-state index in [1.54, 1.807) is 30.3 Å². The van der Waals surface area contributed by atoms with Gasteiger partial charge in [-0.05, 0) is 26.7 Å². The van der Waals surface area contributed by atoms with E-state index >= 15 is 0 Å². The molecule has 0 aliphatic carbocycles. The fraction of sp³-hybridized carbons (Fsp3) is 0.706. The van der Waals surface area contributed by atoms with Gasteiger partial charge in [0.2, 0.25) is 11.8 Å². The topological polar surface area (TPSA) is 76.5 Å². The lowest BCUT2D eigenvalue weighted by atomic mass is 9.82. The average molecular weight is 334 g/mol. The van der Waals surface area contributed by atoms with Crippen LogP contribution in [0.5, 0.6) is 0 Å². The second-order valence-electron chi connectivity index (χ2n) is 7.41. The minimum Gasteiger partial charge on any atom is -0.369 e. The van der Waals surface area contributed by atoms with Crippen molar-refractivity contribution in [2.45, 2.75) is 63.3 Å². The monoisotopic (exact) mass is 334 g/mol. The summed E-state index contributed by atoms with van der Waals surface area (Å²) in [5, 5.41) is 2.67. The second-order valence-corrected chi connectivity index (χ2v) is 7.41. The molecule has 2 aliphatic rings. The van der Waals surface area contributed by atoms with Crippen LogP contribution in [-0.4, -0.2) is 57.1 Å². The van der Waals surface area contributed by atoms with Crippen LogP contribution in [0.1, 0.15) is 39.5 Å². The molecule has 1 N–H and O–H groups in total. The molecule has 3 heterocycles. The quantitative estimate of drug-likeness (QED) is 0.889. The molecule has 132 valence electrons. The number of rotatable bonds is 4. The Labute approximate surface area is 142 Å². The maximum Gasteiger partial charge on any atom is 0.243 e.